The second-order valence-corrected chi connectivity index (χ2v) is 22.4. The number of nitrogens with one attached hydrogen (secondary N) is 7. The van der Waals surface area contributed by atoms with Crippen LogP contribution in [0.5, 0.6) is 0 Å². The average Bonchev–Trinajstić information content (AvgIpc) is 2.42. The van der Waals surface area contributed by atoms with Gasteiger partial charge in [-0.25, -0.2) is 29.3 Å². The first-order valence-corrected chi connectivity index (χ1v) is 28.7. The normalized spacial score (nSPS) is 15.3. The number of aliphatic hydroxyl groups is 1. The lowest BCUT2D eigenvalue weighted by atomic mass is 9.85. The van der Waals surface area contributed by atoms with E-state index in [1.165, 1.54) is 23.1 Å². The van der Waals surface area contributed by atoms with Crippen molar-refractivity contribution >= 4 is 63.9 Å². The number of fused-ring (bicyclic) bond motifs is 3. The van der Waals surface area contributed by atoms with E-state index in [1.807, 2.05) is 52.0 Å². The summed E-state index contributed by atoms with van der Waals surface area (Å²) in [6.45, 7) is 10.5. The summed E-state index contributed by atoms with van der Waals surface area (Å²) >= 11 is 7.92. The number of hydrogen-bond acceptors (Lipinski definition) is 17. The number of thiazole rings is 1. The average molecular weight is 1190 g/mol. The van der Waals surface area contributed by atoms with Crippen molar-refractivity contribution in [2.75, 3.05) is 64.5 Å². The first-order valence-electron chi connectivity index (χ1n) is 27.5. The van der Waals surface area contributed by atoms with Crippen LogP contribution in [0.3, 0.4) is 0 Å². The molecule has 2 aliphatic rings. The summed E-state index contributed by atoms with van der Waals surface area (Å²) < 4.78 is 41.2. The number of carbonyl (C=O) groups excluding carboxylic acids is 4. The fourth-order valence-electron chi connectivity index (χ4n) is 9.46. The molecule has 0 aliphatic carbocycles. The number of likely N-dealkylation sites (tertiary alicyclic amines) is 1. The minimum absolute atomic E-state index is 0.0124. The molecule has 4 amide bonds. The molecular formula is C60H68ClF2N13O7S. The van der Waals surface area contributed by atoms with Crippen LogP contribution in [0.4, 0.5) is 20.4 Å². The Balaban J connectivity index is 0.671. The second-order valence-electron chi connectivity index (χ2n) is 21.1. The van der Waals surface area contributed by atoms with Gasteiger partial charge in [-0.1, -0.05) is 68.8 Å². The van der Waals surface area contributed by atoms with Gasteiger partial charge in [-0.3, -0.25) is 24.2 Å². The lowest BCUT2D eigenvalue weighted by Crippen LogP contribution is -2.57. The number of rotatable bonds is 27. The Morgan fingerprint density at radius 1 is 0.929 bits per heavy atom. The molecule has 0 saturated carbocycles. The Hall–Kier alpha value is -7.93. The van der Waals surface area contributed by atoms with Crippen molar-refractivity contribution in [3.8, 4) is 21.7 Å². The highest BCUT2D eigenvalue weighted by Gasteiger charge is 2.44. The van der Waals surface area contributed by atoms with E-state index in [1.54, 1.807) is 71.7 Å². The van der Waals surface area contributed by atoms with Crippen molar-refractivity contribution in [1.82, 2.24) is 46.4 Å². The van der Waals surface area contributed by atoms with Crippen LogP contribution in [0.15, 0.2) is 119 Å². The summed E-state index contributed by atoms with van der Waals surface area (Å²) in [6, 6.07) is 21.5. The maximum absolute atomic E-state index is 15.0. The molecule has 4 aromatic carbocycles. The molecular weight excluding hydrogens is 1120 g/mol. The van der Waals surface area contributed by atoms with Crippen molar-refractivity contribution in [2.24, 2.45) is 15.5 Å². The summed E-state index contributed by atoms with van der Waals surface area (Å²) in [6.07, 6.45) is 3.09. The topological polar surface area (TPSA) is 270 Å². The first kappa shape index (κ1) is 62.1. The van der Waals surface area contributed by atoms with Crippen LogP contribution in [0, 0.1) is 29.5 Å². The number of ether oxygens (including phenoxy) is 2. The zero-order chi connectivity index (χ0) is 59.8. The van der Waals surface area contributed by atoms with Crippen LogP contribution in [-0.2, 0) is 36.9 Å². The van der Waals surface area contributed by atoms with Crippen LogP contribution >= 0.6 is 22.9 Å². The van der Waals surface area contributed by atoms with Gasteiger partial charge in [-0.2, -0.15) is 5.11 Å². The molecule has 8 rings (SSSR count). The van der Waals surface area contributed by atoms with Crippen molar-refractivity contribution in [3.63, 3.8) is 0 Å². The molecule has 6 aromatic rings. The summed E-state index contributed by atoms with van der Waals surface area (Å²) in [4.78, 5) is 74.1. The minimum Gasteiger partial charge on any atom is -0.391 e. The number of amides is 4. The highest BCUT2D eigenvalue weighted by molar-refractivity contribution is 7.13. The highest BCUT2D eigenvalue weighted by Crippen LogP contribution is 2.35. The number of aliphatic imine (C=N–C) groups is 1. The van der Waals surface area contributed by atoms with Gasteiger partial charge in [-0.05, 0) is 85.0 Å². The van der Waals surface area contributed by atoms with Crippen LogP contribution in [0.2, 0.25) is 5.02 Å². The number of benzene rings is 4. The lowest BCUT2D eigenvalue weighted by molar-refractivity contribution is -0.144. The summed E-state index contributed by atoms with van der Waals surface area (Å²) in [5, 5.41) is 32.6. The number of nitrogens with zero attached hydrogens (tertiary/aromatic N) is 6. The number of β-amino-alcohol motifs (C(OH)–C–C–N with tert-alkyl or cyclic N) is 1. The number of halogens is 3. The number of anilines is 2. The fraction of sp³-hybridized carbons (Fsp3) is 0.367. The van der Waals surface area contributed by atoms with E-state index in [4.69, 9.17) is 31.6 Å². The third kappa shape index (κ3) is 16.7. The molecule has 3 atom stereocenters. The van der Waals surface area contributed by atoms with Gasteiger partial charge in [0.25, 0.3) is 5.91 Å². The zero-order valence-corrected chi connectivity index (χ0v) is 48.6. The number of aliphatic hydroxyl groups excluding tert-OH is 1. The third-order valence-corrected chi connectivity index (χ3v) is 15.1. The smallest absolute Gasteiger partial charge is 0.251 e. The molecule has 4 heterocycles. The largest absolute Gasteiger partial charge is 0.391 e. The van der Waals surface area contributed by atoms with E-state index >= 15 is 0 Å². The van der Waals surface area contributed by atoms with E-state index < -0.39 is 41.1 Å². The van der Waals surface area contributed by atoms with E-state index in [0.717, 1.165) is 21.7 Å². The molecule has 1 fully saturated rings. The van der Waals surface area contributed by atoms with Crippen molar-refractivity contribution < 1.29 is 42.5 Å². The second kappa shape index (κ2) is 29.5. The molecule has 2 aromatic heterocycles. The molecule has 24 heteroatoms. The summed E-state index contributed by atoms with van der Waals surface area (Å²) in [5.41, 5.74) is 15.0. The SMILES string of the molecule is Cc1ncsc1-c1ccc(CNC(=O)[C@@H]2C[C@@H](O)CN2C(=O)[C@@H](NC(=O)CCCNCCN/C=C(/COCCOCCNC(=O)c2ccc(Nc3ncc4c(n3)-c3ccc(Cl)cc3C(c3c(F)cccc3F)=NC4)cc2)N=N)C(C)(C)C)cc1. The van der Waals surface area contributed by atoms with Gasteiger partial charge in [0, 0.05) is 90.9 Å². The molecule has 0 unspecified atom stereocenters. The first-order chi connectivity index (χ1) is 40.5. The van der Waals surface area contributed by atoms with Gasteiger partial charge in [-0.15, -0.1) is 11.3 Å². The number of hydrogen-bond donors (Lipinski definition) is 8. The molecule has 442 valence electrons. The number of carbonyl (C=O) groups is 4. The minimum atomic E-state index is -0.922. The van der Waals surface area contributed by atoms with Gasteiger partial charge in [0.1, 0.15) is 29.4 Å². The van der Waals surface area contributed by atoms with Crippen LogP contribution in [0.25, 0.3) is 21.7 Å². The Kier molecular flexibility index (Phi) is 21.8. The predicted molar refractivity (Wildman–Crippen MR) is 317 cm³/mol. The molecule has 8 N–H and O–H groups in total. The number of aryl methyl sites for hydroxylation is 1. The van der Waals surface area contributed by atoms with Gasteiger partial charge in [0.05, 0.1) is 72.1 Å². The van der Waals surface area contributed by atoms with Crippen LogP contribution < -0.4 is 31.9 Å². The highest BCUT2D eigenvalue weighted by atomic mass is 35.5. The van der Waals surface area contributed by atoms with Crippen molar-refractivity contribution in [2.45, 2.75) is 78.2 Å². The van der Waals surface area contributed by atoms with Crippen LogP contribution in [-0.4, -0.2) is 132 Å². The monoisotopic (exact) mass is 1190 g/mol. The summed E-state index contributed by atoms with van der Waals surface area (Å²) in [7, 11) is 0. The number of aromatic nitrogens is 3. The van der Waals surface area contributed by atoms with E-state index in [9.17, 15) is 33.1 Å². The maximum Gasteiger partial charge on any atom is 0.251 e. The quantitative estimate of drug-likeness (QED) is 0.0180. The molecule has 20 nitrogen and oxygen atoms in total. The van der Waals surface area contributed by atoms with Crippen LogP contribution in [0.1, 0.15) is 78.3 Å². The van der Waals surface area contributed by atoms with Gasteiger partial charge >= 0.3 is 0 Å². The fourth-order valence-corrected chi connectivity index (χ4v) is 10.4. The molecule has 0 spiro atoms. The Morgan fingerprint density at radius 2 is 1.69 bits per heavy atom. The third-order valence-electron chi connectivity index (χ3n) is 13.8. The lowest BCUT2D eigenvalue weighted by Gasteiger charge is -2.35. The Bertz CT molecular complexity index is 3340. The predicted octanol–water partition coefficient (Wildman–Crippen LogP) is 8.01. The van der Waals surface area contributed by atoms with Gasteiger partial charge in [0.2, 0.25) is 23.7 Å². The van der Waals surface area contributed by atoms with Crippen molar-refractivity contribution in [1.29, 1.82) is 5.53 Å². The van der Waals surface area contributed by atoms with Gasteiger partial charge in [0.15, 0.2) is 0 Å². The molecule has 0 radical (unpaired) electrons. The Labute approximate surface area is 494 Å². The molecule has 2 aliphatic heterocycles. The van der Waals surface area contributed by atoms with E-state index in [-0.39, 0.29) is 100 Å². The maximum atomic E-state index is 15.0. The molecule has 1 saturated heterocycles. The van der Waals surface area contributed by atoms with E-state index in [2.05, 4.69) is 52.0 Å². The van der Waals surface area contributed by atoms with E-state index in [0.29, 0.717) is 70.4 Å². The standard InChI is InChI=1S/C60H68ClF2N13O7S/c1-36-54(84-35-71-36)38-12-10-37(11-13-38)29-69-57(80)49-28-44(77)33-76(49)58(81)55(60(2,3)4)73-50(78)9-6-20-65-21-22-66-32-43(75-64)34-83-26-25-82-24-23-67-56(79)39-14-17-42(18-15-39)72-59-70-31-40-30-68-53(51-47(62)7-5-8-48(51)63)46-27-41(61)16-19-45(46)52(40)74-59/h5,7-8,10-19,27,31-32,35,44,49,55,64-66,77H,6,9,20-26,28-30,33-34H2,1-4H3,(H,67,79)(H,69,80)(H,73,78)(H,70,72,74)/b43-32-,75-64?/t44-,49+,55-/m1/s1. The zero-order valence-electron chi connectivity index (χ0n) is 47.1. The summed E-state index contributed by atoms with van der Waals surface area (Å²) in [5.74, 6) is -2.62. The van der Waals surface area contributed by atoms with Crippen molar-refractivity contribution in [3.05, 3.63) is 159 Å². The van der Waals surface area contributed by atoms with Gasteiger partial charge < -0.3 is 51.4 Å². The molecule has 0 bridgehead atoms. The molecule has 84 heavy (non-hydrogen) atoms. The Morgan fingerprint density at radius 3 is 2.42 bits per heavy atom.